The second-order valence-corrected chi connectivity index (χ2v) is 5.67. The molecule has 6 heteroatoms. The summed E-state index contributed by atoms with van der Waals surface area (Å²) in [5.41, 5.74) is 2.56. The van der Waals surface area contributed by atoms with Crippen LogP contribution in [0.4, 0.5) is 5.69 Å². The molecule has 1 aromatic carbocycles. The SMILES string of the molecule is O=C1NC(=Nc2ccccc2)SC1=Cc1cncs1. The van der Waals surface area contributed by atoms with Crippen LogP contribution < -0.4 is 5.32 Å². The monoisotopic (exact) mass is 287 g/mol. The highest BCUT2D eigenvalue weighted by molar-refractivity contribution is 8.18. The fourth-order valence-electron chi connectivity index (χ4n) is 1.53. The lowest BCUT2D eigenvalue weighted by atomic mass is 10.3. The Morgan fingerprint density at radius 2 is 2.11 bits per heavy atom. The van der Waals surface area contributed by atoms with Crippen LogP contribution in [0, 0.1) is 0 Å². The van der Waals surface area contributed by atoms with Crippen molar-refractivity contribution in [1.29, 1.82) is 0 Å². The fourth-order valence-corrected chi connectivity index (χ4v) is 2.98. The topological polar surface area (TPSA) is 54.4 Å². The molecule has 3 rings (SSSR count). The summed E-state index contributed by atoms with van der Waals surface area (Å²) in [6, 6.07) is 9.54. The predicted molar refractivity (Wildman–Crippen MR) is 79.4 cm³/mol. The average molecular weight is 287 g/mol. The normalized spacial score (nSPS) is 19.1. The minimum absolute atomic E-state index is 0.118. The van der Waals surface area contributed by atoms with E-state index in [1.54, 1.807) is 11.7 Å². The molecule has 2 heterocycles. The lowest BCUT2D eigenvalue weighted by molar-refractivity contribution is -0.115. The number of aromatic nitrogens is 1. The molecule has 0 saturated carbocycles. The summed E-state index contributed by atoms with van der Waals surface area (Å²) in [5, 5.41) is 3.36. The van der Waals surface area contributed by atoms with Crippen LogP contribution >= 0.6 is 23.1 Å². The van der Waals surface area contributed by atoms with Gasteiger partial charge in [0, 0.05) is 11.1 Å². The van der Waals surface area contributed by atoms with Crippen molar-refractivity contribution < 1.29 is 4.79 Å². The Hall–Kier alpha value is -1.92. The molecule has 1 aliphatic rings. The summed E-state index contributed by atoms with van der Waals surface area (Å²) in [6.45, 7) is 0. The third-order valence-corrected chi connectivity index (χ3v) is 3.99. The Morgan fingerprint density at radius 3 is 2.84 bits per heavy atom. The number of hydrogen-bond acceptors (Lipinski definition) is 5. The zero-order chi connectivity index (χ0) is 13.1. The van der Waals surface area contributed by atoms with Crippen molar-refractivity contribution >= 4 is 45.9 Å². The highest BCUT2D eigenvalue weighted by atomic mass is 32.2. The number of nitrogens with one attached hydrogen (secondary N) is 1. The van der Waals surface area contributed by atoms with Gasteiger partial charge in [-0.3, -0.25) is 9.78 Å². The number of thioether (sulfide) groups is 1. The van der Waals surface area contributed by atoms with Crippen molar-refractivity contribution in [2.75, 3.05) is 0 Å². The summed E-state index contributed by atoms with van der Waals surface area (Å²) in [5.74, 6) is -0.118. The van der Waals surface area contributed by atoms with E-state index < -0.39 is 0 Å². The van der Waals surface area contributed by atoms with E-state index in [2.05, 4.69) is 15.3 Å². The van der Waals surface area contributed by atoms with Crippen LogP contribution in [0.1, 0.15) is 4.88 Å². The lowest BCUT2D eigenvalue weighted by Crippen LogP contribution is -2.19. The molecule has 1 saturated heterocycles. The minimum atomic E-state index is -0.118. The van der Waals surface area contributed by atoms with Crippen LogP contribution in [0.3, 0.4) is 0 Å². The van der Waals surface area contributed by atoms with E-state index in [1.165, 1.54) is 23.1 Å². The Labute approximate surface area is 118 Å². The third kappa shape index (κ3) is 2.91. The van der Waals surface area contributed by atoms with Crippen LogP contribution in [-0.2, 0) is 4.79 Å². The van der Waals surface area contributed by atoms with E-state index in [4.69, 9.17) is 0 Å². The highest BCUT2D eigenvalue weighted by Crippen LogP contribution is 2.28. The maximum Gasteiger partial charge on any atom is 0.264 e. The summed E-state index contributed by atoms with van der Waals surface area (Å²) in [7, 11) is 0. The number of carbonyl (C=O) groups is 1. The van der Waals surface area contributed by atoms with Gasteiger partial charge in [-0.25, -0.2) is 4.99 Å². The van der Waals surface area contributed by atoms with Crippen LogP contribution in [0.2, 0.25) is 0 Å². The number of amides is 1. The van der Waals surface area contributed by atoms with Crippen LogP contribution in [0.15, 0.2) is 51.9 Å². The first kappa shape index (κ1) is 12.1. The molecule has 1 N–H and O–H groups in total. The van der Waals surface area contributed by atoms with E-state index in [-0.39, 0.29) is 5.91 Å². The zero-order valence-electron chi connectivity index (χ0n) is 9.74. The standard InChI is InChI=1S/C13H9N3OS2/c17-12-11(6-10-7-14-8-18-10)19-13(16-12)15-9-4-2-1-3-5-9/h1-8H,(H,15,16,17). The maximum absolute atomic E-state index is 11.8. The van der Waals surface area contributed by atoms with E-state index in [1.807, 2.05) is 36.4 Å². The third-order valence-electron chi connectivity index (χ3n) is 2.36. The molecule has 1 aliphatic heterocycles. The molecule has 0 aliphatic carbocycles. The molecule has 0 atom stereocenters. The van der Waals surface area contributed by atoms with E-state index in [0.29, 0.717) is 10.1 Å². The first-order valence-corrected chi connectivity index (χ1v) is 7.24. The molecule has 94 valence electrons. The summed E-state index contributed by atoms with van der Waals surface area (Å²) < 4.78 is 0. The maximum atomic E-state index is 11.8. The van der Waals surface area contributed by atoms with Gasteiger partial charge in [-0.1, -0.05) is 18.2 Å². The summed E-state index contributed by atoms with van der Waals surface area (Å²) >= 11 is 2.84. The molecule has 0 spiro atoms. The average Bonchev–Trinajstić information content (AvgIpc) is 3.02. The predicted octanol–water partition coefficient (Wildman–Crippen LogP) is 3.03. The number of aliphatic imine (C=N–C) groups is 1. The minimum Gasteiger partial charge on any atom is -0.300 e. The first-order valence-electron chi connectivity index (χ1n) is 5.54. The smallest absolute Gasteiger partial charge is 0.264 e. The van der Waals surface area contributed by atoms with Crippen molar-refractivity contribution in [3.63, 3.8) is 0 Å². The van der Waals surface area contributed by atoms with Crippen LogP contribution in [0.25, 0.3) is 6.08 Å². The molecule has 0 bridgehead atoms. The highest BCUT2D eigenvalue weighted by Gasteiger charge is 2.23. The van der Waals surface area contributed by atoms with Gasteiger partial charge in [-0.05, 0) is 30.0 Å². The van der Waals surface area contributed by atoms with Gasteiger partial charge in [0.1, 0.15) is 0 Å². The molecular formula is C13H9N3OS2. The largest absolute Gasteiger partial charge is 0.300 e. The van der Waals surface area contributed by atoms with Crippen molar-refractivity contribution in [1.82, 2.24) is 10.3 Å². The fraction of sp³-hybridized carbons (Fsp3) is 0. The van der Waals surface area contributed by atoms with Crippen LogP contribution in [0.5, 0.6) is 0 Å². The summed E-state index contributed by atoms with van der Waals surface area (Å²) in [4.78, 5) is 21.8. The number of nitrogens with zero attached hydrogens (tertiary/aromatic N) is 2. The van der Waals surface area contributed by atoms with Gasteiger partial charge in [0.05, 0.1) is 16.1 Å². The lowest BCUT2D eigenvalue weighted by Gasteiger charge is -1.94. The molecular weight excluding hydrogens is 278 g/mol. The molecule has 1 amide bonds. The van der Waals surface area contributed by atoms with E-state index in [9.17, 15) is 4.79 Å². The Bertz CT molecular complexity index is 648. The molecule has 2 aromatic rings. The molecule has 0 radical (unpaired) electrons. The number of para-hydroxylation sites is 1. The van der Waals surface area contributed by atoms with Gasteiger partial charge in [-0.15, -0.1) is 11.3 Å². The number of rotatable bonds is 2. The summed E-state index contributed by atoms with van der Waals surface area (Å²) in [6.07, 6.45) is 3.56. The van der Waals surface area contributed by atoms with Crippen molar-refractivity contribution in [2.45, 2.75) is 0 Å². The van der Waals surface area contributed by atoms with Gasteiger partial charge in [0.25, 0.3) is 5.91 Å². The van der Waals surface area contributed by atoms with E-state index >= 15 is 0 Å². The Morgan fingerprint density at radius 1 is 1.26 bits per heavy atom. The van der Waals surface area contributed by atoms with Gasteiger partial charge in [-0.2, -0.15) is 0 Å². The Kier molecular flexibility index (Phi) is 3.43. The molecule has 0 unspecified atom stereocenters. The number of amidine groups is 1. The van der Waals surface area contributed by atoms with Gasteiger partial charge in [0.2, 0.25) is 0 Å². The van der Waals surface area contributed by atoms with Crippen molar-refractivity contribution in [3.8, 4) is 0 Å². The number of benzene rings is 1. The number of hydrogen-bond donors (Lipinski definition) is 1. The van der Waals surface area contributed by atoms with Crippen LogP contribution in [-0.4, -0.2) is 16.1 Å². The zero-order valence-corrected chi connectivity index (χ0v) is 11.4. The number of thiazole rings is 1. The van der Waals surface area contributed by atoms with Gasteiger partial charge < -0.3 is 5.32 Å². The second kappa shape index (κ2) is 5.38. The second-order valence-electron chi connectivity index (χ2n) is 3.72. The van der Waals surface area contributed by atoms with Gasteiger partial charge in [0.15, 0.2) is 5.17 Å². The quantitative estimate of drug-likeness (QED) is 0.864. The van der Waals surface area contributed by atoms with Crippen molar-refractivity contribution in [2.24, 2.45) is 4.99 Å². The molecule has 1 aromatic heterocycles. The van der Waals surface area contributed by atoms with Crippen molar-refractivity contribution in [3.05, 3.63) is 51.8 Å². The van der Waals surface area contributed by atoms with E-state index in [0.717, 1.165) is 10.6 Å². The van der Waals surface area contributed by atoms with Gasteiger partial charge >= 0.3 is 0 Å². The Balaban J connectivity index is 1.82. The molecule has 1 fully saturated rings. The molecule has 4 nitrogen and oxygen atoms in total. The molecule has 19 heavy (non-hydrogen) atoms. The number of carbonyl (C=O) groups excluding carboxylic acids is 1. The first-order chi connectivity index (χ1) is 9.31.